The summed E-state index contributed by atoms with van der Waals surface area (Å²) in [6.45, 7) is 2.14. The molecule has 0 aromatic heterocycles. The van der Waals surface area contributed by atoms with Gasteiger partial charge in [-0.2, -0.15) is 5.26 Å². The second-order valence-corrected chi connectivity index (χ2v) is 7.49. The number of carbonyl (C=O) groups excluding carboxylic acids is 1. The summed E-state index contributed by atoms with van der Waals surface area (Å²) in [5, 5.41) is 32.0. The molecular formula is C21H36N2O3. The van der Waals surface area contributed by atoms with Crippen molar-refractivity contribution in [1.29, 1.82) is 5.26 Å². The van der Waals surface area contributed by atoms with Gasteiger partial charge >= 0.3 is 0 Å². The second kappa shape index (κ2) is 13.8. The Morgan fingerprint density at radius 3 is 2.69 bits per heavy atom. The molecule has 3 N–H and O–H groups in total. The van der Waals surface area contributed by atoms with E-state index in [0.29, 0.717) is 12.8 Å². The number of aliphatic hydroxyl groups excluding tert-OH is 2. The Hall–Kier alpha value is -1.38. The minimum Gasteiger partial charge on any atom is -0.392 e. The lowest BCUT2D eigenvalue weighted by atomic mass is 9.87. The third kappa shape index (κ3) is 8.33. The molecule has 0 aliphatic heterocycles. The van der Waals surface area contributed by atoms with Crippen molar-refractivity contribution < 1.29 is 15.0 Å². The van der Waals surface area contributed by atoms with Crippen molar-refractivity contribution in [2.45, 2.75) is 95.8 Å². The molecule has 0 aromatic carbocycles. The highest BCUT2D eigenvalue weighted by molar-refractivity contribution is 5.47. The summed E-state index contributed by atoms with van der Waals surface area (Å²) in [4.78, 5) is 10.9. The lowest BCUT2D eigenvalue weighted by Crippen LogP contribution is -2.33. The summed E-state index contributed by atoms with van der Waals surface area (Å²) < 4.78 is 0. The molecule has 0 radical (unpaired) electrons. The highest BCUT2D eigenvalue weighted by atomic mass is 16.3. The van der Waals surface area contributed by atoms with Gasteiger partial charge in [-0.05, 0) is 31.6 Å². The van der Waals surface area contributed by atoms with Crippen LogP contribution >= 0.6 is 0 Å². The van der Waals surface area contributed by atoms with Gasteiger partial charge in [0.25, 0.3) is 0 Å². The summed E-state index contributed by atoms with van der Waals surface area (Å²) in [6.07, 6.45) is 13.8. The van der Waals surface area contributed by atoms with Crippen molar-refractivity contribution in [1.82, 2.24) is 5.32 Å². The number of unbranched alkanes of at least 4 members (excludes halogenated alkanes) is 6. The van der Waals surface area contributed by atoms with Gasteiger partial charge in [0.1, 0.15) is 0 Å². The molecule has 1 aliphatic rings. The third-order valence-corrected chi connectivity index (χ3v) is 5.47. The number of hydrogen-bond donors (Lipinski definition) is 3. The van der Waals surface area contributed by atoms with E-state index in [1.807, 2.05) is 12.2 Å². The van der Waals surface area contributed by atoms with Gasteiger partial charge in [-0.3, -0.25) is 4.79 Å². The minimum absolute atomic E-state index is 0.00603. The zero-order chi connectivity index (χ0) is 19.2. The SMILES string of the molecule is CCCCC[C@H](O)C=C[C@@H]1[C@@H](CCCCCCC#N)[C@H](NC=O)C[C@H]1O. The van der Waals surface area contributed by atoms with Crippen LogP contribution in [0.2, 0.25) is 0 Å². The van der Waals surface area contributed by atoms with E-state index in [4.69, 9.17) is 5.26 Å². The maximum absolute atomic E-state index is 10.9. The minimum atomic E-state index is -0.477. The molecule has 0 bridgehead atoms. The molecule has 0 unspecified atom stereocenters. The van der Waals surface area contributed by atoms with E-state index in [1.54, 1.807) is 0 Å². The molecule has 148 valence electrons. The van der Waals surface area contributed by atoms with Gasteiger partial charge in [-0.1, -0.05) is 57.6 Å². The first-order valence-corrected chi connectivity index (χ1v) is 10.2. The Bertz CT molecular complexity index is 447. The molecule has 5 atom stereocenters. The van der Waals surface area contributed by atoms with Gasteiger partial charge in [-0.15, -0.1) is 0 Å². The Kier molecular flexibility index (Phi) is 12.0. The van der Waals surface area contributed by atoms with Crippen molar-refractivity contribution in [3.8, 4) is 6.07 Å². The zero-order valence-electron chi connectivity index (χ0n) is 16.1. The predicted octanol–water partition coefficient (Wildman–Crippen LogP) is 3.46. The van der Waals surface area contributed by atoms with Gasteiger partial charge < -0.3 is 15.5 Å². The van der Waals surface area contributed by atoms with Gasteiger partial charge in [0, 0.05) is 18.4 Å². The maximum Gasteiger partial charge on any atom is 0.207 e. The summed E-state index contributed by atoms with van der Waals surface area (Å²) in [7, 11) is 0. The number of rotatable bonds is 14. The second-order valence-electron chi connectivity index (χ2n) is 7.49. The predicted molar refractivity (Wildman–Crippen MR) is 103 cm³/mol. The lowest BCUT2D eigenvalue weighted by molar-refractivity contribution is -0.110. The molecule has 5 heteroatoms. The number of amides is 1. The van der Waals surface area contributed by atoms with E-state index >= 15 is 0 Å². The van der Waals surface area contributed by atoms with E-state index in [1.165, 1.54) is 0 Å². The average molecular weight is 365 g/mol. The smallest absolute Gasteiger partial charge is 0.207 e. The molecule has 0 spiro atoms. The number of nitriles is 1. The Labute approximate surface area is 158 Å². The van der Waals surface area contributed by atoms with Crippen molar-refractivity contribution >= 4 is 6.41 Å². The first kappa shape index (κ1) is 22.7. The highest BCUT2D eigenvalue weighted by Crippen LogP contribution is 2.37. The Morgan fingerprint density at radius 1 is 1.23 bits per heavy atom. The van der Waals surface area contributed by atoms with Crippen LogP contribution in [0.4, 0.5) is 0 Å². The van der Waals surface area contributed by atoms with Crippen molar-refractivity contribution in [2.24, 2.45) is 11.8 Å². The fourth-order valence-corrected chi connectivity index (χ4v) is 3.98. The monoisotopic (exact) mass is 364 g/mol. The van der Waals surface area contributed by atoms with Gasteiger partial charge in [0.15, 0.2) is 0 Å². The fourth-order valence-electron chi connectivity index (χ4n) is 3.98. The first-order chi connectivity index (χ1) is 12.6. The molecule has 1 saturated carbocycles. The van der Waals surface area contributed by atoms with Crippen LogP contribution in [-0.4, -0.2) is 34.9 Å². The number of hydrogen-bond acceptors (Lipinski definition) is 4. The van der Waals surface area contributed by atoms with E-state index in [9.17, 15) is 15.0 Å². The molecular weight excluding hydrogens is 328 g/mol. The number of aliphatic hydroxyl groups is 2. The average Bonchev–Trinajstić information content (AvgIpc) is 2.91. The van der Waals surface area contributed by atoms with Crippen LogP contribution in [0.15, 0.2) is 12.2 Å². The first-order valence-electron chi connectivity index (χ1n) is 10.2. The van der Waals surface area contributed by atoms with Crippen molar-refractivity contribution in [3.05, 3.63) is 12.2 Å². The van der Waals surface area contributed by atoms with E-state index in [0.717, 1.165) is 64.2 Å². The maximum atomic E-state index is 10.9. The lowest BCUT2D eigenvalue weighted by Gasteiger charge is -2.23. The van der Waals surface area contributed by atoms with E-state index < -0.39 is 12.2 Å². The van der Waals surface area contributed by atoms with Crippen molar-refractivity contribution in [3.63, 3.8) is 0 Å². The van der Waals surface area contributed by atoms with Crippen LogP contribution in [0.3, 0.4) is 0 Å². The molecule has 0 aromatic rings. The number of carbonyl (C=O) groups is 1. The quantitative estimate of drug-likeness (QED) is 0.250. The standard InChI is InChI=1S/C21H36N2O3/c1-2-3-7-10-17(25)12-13-19-18(11-8-5-4-6-9-14-22)20(23-16-24)15-21(19)26/h12-13,16-21,25-26H,2-11,15H2,1H3,(H,23,24)/t17-,18+,19+,20+,21+/m0/s1. The van der Waals surface area contributed by atoms with Crippen LogP contribution in [0.25, 0.3) is 0 Å². The third-order valence-electron chi connectivity index (χ3n) is 5.47. The normalized spacial score (nSPS) is 26.7. The zero-order valence-corrected chi connectivity index (χ0v) is 16.1. The van der Waals surface area contributed by atoms with Gasteiger partial charge in [0.2, 0.25) is 6.41 Å². The largest absolute Gasteiger partial charge is 0.392 e. The molecule has 1 fully saturated rings. The van der Waals surface area contributed by atoms with Crippen LogP contribution in [0.5, 0.6) is 0 Å². The van der Waals surface area contributed by atoms with Crippen LogP contribution in [0, 0.1) is 23.2 Å². The molecule has 26 heavy (non-hydrogen) atoms. The molecule has 1 amide bonds. The summed E-state index contributed by atoms with van der Waals surface area (Å²) in [5.41, 5.74) is 0. The molecule has 0 saturated heterocycles. The molecule has 0 heterocycles. The van der Waals surface area contributed by atoms with E-state index in [-0.39, 0.29) is 17.9 Å². The van der Waals surface area contributed by atoms with Crippen LogP contribution < -0.4 is 5.32 Å². The van der Waals surface area contributed by atoms with Crippen LogP contribution in [-0.2, 0) is 4.79 Å². The number of nitrogens with zero attached hydrogens (tertiary/aromatic N) is 1. The van der Waals surface area contributed by atoms with Gasteiger partial charge in [-0.25, -0.2) is 0 Å². The molecule has 1 aliphatic carbocycles. The van der Waals surface area contributed by atoms with Gasteiger partial charge in [0.05, 0.1) is 18.3 Å². The van der Waals surface area contributed by atoms with Crippen LogP contribution in [0.1, 0.15) is 77.6 Å². The highest BCUT2D eigenvalue weighted by Gasteiger charge is 2.40. The fraction of sp³-hybridized carbons (Fsp3) is 0.810. The molecule has 5 nitrogen and oxygen atoms in total. The summed E-state index contributed by atoms with van der Waals surface area (Å²) >= 11 is 0. The van der Waals surface area contributed by atoms with Crippen molar-refractivity contribution in [2.75, 3.05) is 0 Å². The Balaban J connectivity index is 2.55. The topological polar surface area (TPSA) is 93.4 Å². The summed E-state index contributed by atoms with van der Waals surface area (Å²) in [5.74, 6) is 0.178. The Morgan fingerprint density at radius 2 is 2.00 bits per heavy atom. The van der Waals surface area contributed by atoms with E-state index in [2.05, 4.69) is 18.3 Å². The molecule has 1 rings (SSSR count). The number of nitrogens with one attached hydrogen (secondary N) is 1. The summed E-state index contributed by atoms with van der Waals surface area (Å²) in [6, 6.07) is 2.16.